The highest BCUT2D eigenvalue weighted by molar-refractivity contribution is 6.30. The van der Waals surface area contributed by atoms with E-state index in [4.69, 9.17) is 28.9 Å². The lowest BCUT2D eigenvalue weighted by atomic mass is 9.89. The van der Waals surface area contributed by atoms with Crippen LogP contribution in [-0.4, -0.2) is 11.7 Å². The molecule has 4 heteroatoms. The highest BCUT2D eigenvalue weighted by atomic mass is 35.5. The van der Waals surface area contributed by atoms with Crippen LogP contribution in [0.5, 0.6) is 0 Å². The van der Waals surface area contributed by atoms with Crippen molar-refractivity contribution in [1.29, 1.82) is 0 Å². The fraction of sp³-hybridized carbons (Fsp3) is 0.200. The molecule has 3 N–H and O–H groups in total. The van der Waals surface area contributed by atoms with E-state index in [1.807, 2.05) is 30.3 Å². The first-order valence-corrected chi connectivity index (χ1v) is 6.76. The van der Waals surface area contributed by atoms with E-state index in [-0.39, 0.29) is 5.92 Å². The predicted molar refractivity (Wildman–Crippen MR) is 79.7 cm³/mol. The van der Waals surface area contributed by atoms with E-state index < -0.39 is 6.10 Å². The lowest BCUT2D eigenvalue weighted by molar-refractivity contribution is 0.147. The molecule has 0 amide bonds. The average Bonchev–Trinajstić information content (AvgIpc) is 2.39. The van der Waals surface area contributed by atoms with Crippen LogP contribution in [0.15, 0.2) is 48.5 Å². The minimum absolute atomic E-state index is 0.211. The number of benzene rings is 2. The van der Waals surface area contributed by atoms with E-state index in [1.165, 1.54) is 0 Å². The standard InChI is InChI=1S/C15H15Cl2NO/c16-12-5-1-3-10(7-12)14(9-18)15(19)11-4-2-6-13(17)8-11/h1-8,14-15,19H,9,18H2. The molecule has 100 valence electrons. The number of nitrogens with two attached hydrogens (primary N) is 1. The Balaban J connectivity index is 2.31. The van der Waals surface area contributed by atoms with Crippen LogP contribution in [0, 0.1) is 0 Å². The molecule has 2 aromatic carbocycles. The molecule has 0 saturated heterocycles. The van der Waals surface area contributed by atoms with Gasteiger partial charge >= 0.3 is 0 Å². The third-order valence-corrected chi connectivity index (χ3v) is 3.57. The lowest BCUT2D eigenvalue weighted by Crippen LogP contribution is -2.20. The molecule has 0 fully saturated rings. The van der Waals surface area contributed by atoms with Crippen molar-refractivity contribution in [3.63, 3.8) is 0 Å². The second-order valence-electron chi connectivity index (χ2n) is 4.40. The molecule has 0 bridgehead atoms. The number of hydrogen-bond donors (Lipinski definition) is 2. The summed E-state index contributed by atoms with van der Waals surface area (Å²) >= 11 is 11.9. The fourth-order valence-corrected chi connectivity index (χ4v) is 2.50. The number of halogens is 2. The van der Waals surface area contributed by atoms with Gasteiger partial charge in [0.15, 0.2) is 0 Å². The van der Waals surface area contributed by atoms with Crippen molar-refractivity contribution in [3.8, 4) is 0 Å². The van der Waals surface area contributed by atoms with Crippen molar-refractivity contribution in [2.45, 2.75) is 12.0 Å². The quantitative estimate of drug-likeness (QED) is 0.902. The van der Waals surface area contributed by atoms with Crippen molar-refractivity contribution in [2.75, 3.05) is 6.54 Å². The molecule has 2 rings (SSSR count). The first-order valence-electron chi connectivity index (χ1n) is 6.01. The highest BCUT2D eigenvalue weighted by Crippen LogP contribution is 2.32. The van der Waals surface area contributed by atoms with Crippen LogP contribution in [0.1, 0.15) is 23.1 Å². The second-order valence-corrected chi connectivity index (χ2v) is 5.27. The fourth-order valence-electron chi connectivity index (χ4n) is 2.11. The number of aliphatic hydroxyl groups is 1. The molecule has 2 aromatic rings. The van der Waals surface area contributed by atoms with Crippen LogP contribution in [0.2, 0.25) is 10.0 Å². The third kappa shape index (κ3) is 3.48. The number of aliphatic hydroxyl groups excluding tert-OH is 1. The Kier molecular flexibility index (Phi) is 4.83. The Morgan fingerprint density at radius 1 is 0.947 bits per heavy atom. The molecule has 0 aliphatic rings. The molecular weight excluding hydrogens is 281 g/mol. The van der Waals surface area contributed by atoms with Gasteiger partial charge in [-0.05, 0) is 35.4 Å². The minimum atomic E-state index is -0.706. The van der Waals surface area contributed by atoms with Gasteiger partial charge in [-0.1, -0.05) is 47.5 Å². The maximum Gasteiger partial charge on any atom is 0.0871 e. The summed E-state index contributed by atoms with van der Waals surface area (Å²) in [7, 11) is 0. The zero-order valence-electron chi connectivity index (χ0n) is 10.3. The van der Waals surface area contributed by atoms with Gasteiger partial charge in [-0.15, -0.1) is 0 Å². The van der Waals surface area contributed by atoms with E-state index in [0.29, 0.717) is 16.6 Å². The molecule has 2 unspecified atom stereocenters. The maximum atomic E-state index is 10.5. The largest absolute Gasteiger partial charge is 0.388 e. The van der Waals surface area contributed by atoms with E-state index in [1.54, 1.807) is 18.2 Å². The summed E-state index contributed by atoms with van der Waals surface area (Å²) in [6.45, 7) is 0.327. The Morgan fingerprint density at radius 3 is 2.00 bits per heavy atom. The monoisotopic (exact) mass is 295 g/mol. The average molecular weight is 296 g/mol. The molecule has 2 atom stereocenters. The van der Waals surface area contributed by atoms with Gasteiger partial charge in [0.2, 0.25) is 0 Å². The van der Waals surface area contributed by atoms with Crippen molar-refractivity contribution < 1.29 is 5.11 Å². The molecule has 2 nitrogen and oxygen atoms in total. The smallest absolute Gasteiger partial charge is 0.0871 e. The Bertz CT molecular complexity index is 559. The summed E-state index contributed by atoms with van der Waals surface area (Å²) in [5, 5.41) is 11.7. The summed E-state index contributed by atoms with van der Waals surface area (Å²) in [6, 6.07) is 14.6. The van der Waals surface area contributed by atoms with Crippen LogP contribution >= 0.6 is 23.2 Å². The lowest BCUT2D eigenvalue weighted by Gasteiger charge is -2.22. The van der Waals surface area contributed by atoms with E-state index in [0.717, 1.165) is 11.1 Å². The summed E-state index contributed by atoms with van der Waals surface area (Å²) < 4.78 is 0. The topological polar surface area (TPSA) is 46.2 Å². The van der Waals surface area contributed by atoms with Gasteiger partial charge < -0.3 is 10.8 Å². The molecule has 0 spiro atoms. The van der Waals surface area contributed by atoms with E-state index in [9.17, 15) is 5.11 Å². The second kappa shape index (κ2) is 6.40. The molecule has 0 aliphatic heterocycles. The molecule has 0 aromatic heterocycles. The van der Waals surface area contributed by atoms with Crippen LogP contribution in [0.25, 0.3) is 0 Å². The Labute approximate surface area is 122 Å². The van der Waals surface area contributed by atoms with Gasteiger partial charge in [-0.2, -0.15) is 0 Å². The molecule has 0 aliphatic carbocycles. The number of rotatable bonds is 4. The summed E-state index contributed by atoms with van der Waals surface area (Å²) in [4.78, 5) is 0. The minimum Gasteiger partial charge on any atom is -0.388 e. The summed E-state index contributed by atoms with van der Waals surface area (Å²) in [5.41, 5.74) is 7.47. The van der Waals surface area contributed by atoms with Crippen LogP contribution < -0.4 is 5.73 Å². The predicted octanol–water partition coefficient (Wildman–Crippen LogP) is 3.77. The van der Waals surface area contributed by atoms with E-state index >= 15 is 0 Å². The molecule has 0 heterocycles. The molecule has 0 radical (unpaired) electrons. The van der Waals surface area contributed by atoms with Gasteiger partial charge in [0.05, 0.1) is 6.10 Å². The zero-order valence-corrected chi connectivity index (χ0v) is 11.8. The highest BCUT2D eigenvalue weighted by Gasteiger charge is 2.21. The third-order valence-electron chi connectivity index (χ3n) is 3.10. The van der Waals surface area contributed by atoms with Crippen molar-refractivity contribution in [2.24, 2.45) is 5.73 Å². The van der Waals surface area contributed by atoms with Gasteiger partial charge in [0.25, 0.3) is 0 Å². The van der Waals surface area contributed by atoms with Gasteiger partial charge in [-0.25, -0.2) is 0 Å². The van der Waals surface area contributed by atoms with Gasteiger partial charge in [0, 0.05) is 22.5 Å². The first-order chi connectivity index (χ1) is 9.11. The first kappa shape index (κ1) is 14.4. The summed E-state index contributed by atoms with van der Waals surface area (Å²) in [6.07, 6.45) is -0.706. The van der Waals surface area contributed by atoms with Gasteiger partial charge in [-0.3, -0.25) is 0 Å². The van der Waals surface area contributed by atoms with Crippen molar-refractivity contribution >= 4 is 23.2 Å². The van der Waals surface area contributed by atoms with Crippen molar-refractivity contribution in [3.05, 3.63) is 69.7 Å². The number of hydrogen-bond acceptors (Lipinski definition) is 2. The molecular formula is C15H15Cl2NO. The van der Waals surface area contributed by atoms with Crippen LogP contribution in [-0.2, 0) is 0 Å². The van der Waals surface area contributed by atoms with Crippen molar-refractivity contribution in [1.82, 2.24) is 0 Å². The normalized spacial score (nSPS) is 14.1. The van der Waals surface area contributed by atoms with Crippen LogP contribution in [0.3, 0.4) is 0 Å². The Morgan fingerprint density at radius 2 is 1.47 bits per heavy atom. The SMILES string of the molecule is NCC(c1cccc(Cl)c1)C(O)c1cccc(Cl)c1. The zero-order chi connectivity index (χ0) is 13.8. The molecule has 0 saturated carbocycles. The van der Waals surface area contributed by atoms with E-state index in [2.05, 4.69) is 0 Å². The summed E-state index contributed by atoms with van der Waals surface area (Å²) in [5.74, 6) is -0.211. The maximum absolute atomic E-state index is 10.5. The Hall–Kier alpha value is -1.06. The molecule has 19 heavy (non-hydrogen) atoms. The van der Waals surface area contributed by atoms with Crippen LogP contribution in [0.4, 0.5) is 0 Å². The van der Waals surface area contributed by atoms with Gasteiger partial charge in [0.1, 0.15) is 0 Å².